The Morgan fingerprint density at radius 3 is 2.19 bits per heavy atom. The molecule has 0 aliphatic carbocycles. The molecule has 0 aromatic carbocycles. The highest BCUT2D eigenvalue weighted by Crippen LogP contribution is 2.47. The van der Waals surface area contributed by atoms with Gasteiger partial charge in [0, 0.05) is 0 Å². The quantitative estimate of drug-likeness (QED) is 0.595. The van der Waals surface area contributed by atoms with Crippen LogP contribution >= 0.6 is 7.60 Å². The minimum absolute atomic E-state index is 0.0180. The third-order valence-electron chi connectivity index (χ3n) is 2.44. The summed E-state index contributed by atoms with van der Waals surface area (Å²) < 4.78 is 23.6. The van der Waals surface area contributed by atoms with Gasteiger partial charge in [-0.3, -0.25) is 14.2 Å². The van der Waals surface area contributed by atoms with Gasteiger partial charge in [-0.2, -0.15) is 0 Å². The summed E-state index contributed by atoms with van der Waals surface area (Å²) in [6.45, 7) is 3.77. The molecule has 11 heteroatoms. The summed E-state index contributed by atoms with van der Waals surface area (Å²) in [6.07, 6.45) is -0.0451. The van der Waals surface area contributed by atoms with Crippen LogP contribution in [-0.4, -0.2) is 46.2 Å². The maximum Gasteiger partial charge on any atom is 0.332 e. The zero-order chi connectivity index (χ0) is 16.0. The molecule has 118 valence electrons. The molecule has 4 N–H and O–H groups in total. The number of nitrogens with two attached hydrogens (primary N) is 2. The minimum atomic E-state index is -3.31. The van der Waals surface area contributed by atoms with Crippen LogP contribution in [0.5, 0.6) is 0 Å². The molecule has 0 saturated carbocycles. The summed E-state index contributed by atoms with van der Waals surface area (Å²) in [5, 5.41) is 7.11. The van der Waals surface area contributed by atoms with Crippen molar-refractivity contribution < 1.29 is 23.2 Å². The van der Waals surface area contributed by atoms with Crippen LogP contribution < -0.4 is 11.5 Å². The van der Waals surface area contributed by atoms with Gasteiger partial charge in [-0.1, -0.05) is 5.21 Å². The number of primary amides is 2. The zero-order valence-corrected chi connectivity index (χ0v) is 12.7. The lowest BCUT2D eigenvalue weighted by atomic mass is 10.3. The van der Waals surface area contributed by atoms with Crippen molar-refractivity contribution in [3.8, 4) is 0 Å². The molecular weight excluding hydrogens is 301 g/mol. The summed E-state index contributed by atoms with van der Waals surface area (Å²) >= 11 is 0. The molecular formula is C10H18N5O5P. The first-order valence-electron chi connectivity index (χ1n) is 6.25. The standard InChI is InChI=1S/C10H18N5O5P/c1-3-19-21(18,20-4-2)6-5-15-8(10(12)17)7(9(11)16)13-14-15/h3-6H2,1-2H3,(H2,11,16)(H2,12,17). The molecule has 0 saturated heterocycles. The van der Waals surface area contributed by atoms with E-state index in [1.54, 1.807) is 13.8 Å². The van der Waals surface area contributed by atoms with Crippen LogP contribution in [0.2, 0.25) is 0 Å². The zero-order valence-electron chi connectivity index (χ0n) is 11.8. The summed E-state index contributed by atoms with van der Waals surface area (Å²) in [6, 6.07) is 0. The van der Waals surface area contributed by atoms with Gasteiger partial charge in [0.25, 0.3) is 11.8 Å². The first-order valence-corrected chi connectivity index (χ1v) is 7.98. The molecule has 0 bridgehead atoms. The van der Waals surface area contributed by atoms with Crippen molar-refractivity contribution >= 4 is 19.4 Å². The van der Waals surface area contributed by atoms with Gasteiger partial charge in [0.15, 0.2) is 11.4 Å². The van der Waals surface area contributed by atoms with E-state index >= 15 is 0 Å². The van der Waals surface area contributed by atoms with Crippen LogP contribution in [0.15, 0.2) is 0 Å². The Morgan fingerprint density at radius 1 is 1.19 bits per heavy atom. The molecule has 0 unspecified atom stereocenters. The van der Waals surface area contributed by atoms with E-state index in [9.17, 15) is 14.2 Å². The predicted molar refractivity (Wildman–Crippen MR) is 72.8 cm³/mol. The van der Waals surface area contributed by atoms with Crippen molar-refractivity contribution in [2.75, 3.05) is 19.4 Å². The summed E-state index contributed by atoms with van der Waals surface area (Å²) in [5.74, 6) is -1.83. The van der Waals surface area contributed by atoms with Gasteiger partial charge in [0.05, 0.1) is 25.9 Å². The van der Waals surface area contributed by atoms with Crippen LogP contribution in [0, 0.1) is 0 Å². The number of hydrogen-bond donors (Lipinski definition) is 2. The van der Waals surface area contributed by atoms with E-state index < -0.39 is 19.4 Å². The second kappa shape index (κ2) is 7.30. The summed E-state index contributed by atoms with van der Waals surface area (Å²) in [4.78, 5) is 22.5. The molecule has 0 aliphatic heterocycles. The van der Waals surface area contributed by atoms with E-state index in [2.05, 4.69) is 10.3 Å². The van der Waals surface area contributed by atoms with Gasteiger partial charge >= 0.3 is 7.60 Å². The Kier molecular flexibility index (Phi) is 6.01. The Hall–Kier alpha value is -1.77. The fourth-order valence-corrected chi connectivity index (χ4v) is 3.21. The third kappa shape index (κ3) is 4.35. The second-order valence-electron chi connectivity index (χ2n) is 3.91. The molecule has 1 heterocycles. The Balaban J connectivity index is 2.95. The molecule has 1 aromatic heterocycles. The molecule has 10 nitrogen and oxygen atoms in total. The fourth-order valence-electron chi connectivity index (χ4n) is 1.66. The van der Waals surface area contributed by atoms with Gasteiger partial charge in [-0.15, -0.1) is 5.10 Å². The van der Waals surface area contributed by atoms with Crippen molar-refractivity contribution in [1.82, 2.24) is 15.0 Å². The number of nitrogens with zero attached hydrogens (tertiary/aromatic N) is 3. The molecule has 21 heavy (non-hydrogen) atoms. The van der Waals surface area contributed by atoms with Crippen LogP contribution in [-0.2, 0) is 20.2 Å². The van der Waals surface area contributed by atoms with Gasteiger partial charge in [0.1, 0.15) is 0 Å². The molecule has 0 fully saturated rings. The molecule has 1 rings (SSSR count). The van der Waals surface area contributed by atoms with E-state index in [0.717, 1.165) is 4.68 Å². The summed E-state index contributed by atoms with van der Waals surface area (Å²) in [5.41, 5.74) is 9.69. The summed E-state index contributed by atoms with van der Waals surface area (Å²) in [7, 11) is -3.31. The lowest BCUT2D eigenvalue weighted by molar-refractivity contribution is 0.0959. The van der Waals surface area contributed by atoms with E-state index in [1.807, 2.05) is 0 Å². The Labute approximate surface area is 121 Å². The normalized spacial score (nSPS) is 11.5. The maximum absolute atomic E-state index is 12.3. The highest BCUT2D eigenvalue weighted by atomic mass is 31.2. The van der Waals surface area contributed by atoms with Crippen LogP contribution in [0.3, 0.4) is 0 Å². The van der Waals surface area contributed by atoms with Crippen LogP contribution in [0.1, 0.15) is 34.8 Å². The lowest BCUT2D eigenvalue weighted by Gasteiger charge is -2.16. The minimum Gasteiger partial charge on any atom is -0.364 e. The van der Waals surface area contributed by atoms with Crippen LogP contribution in [0.4, 0.5) is 0 Å². The largest absolute Gasteiger partial charge is 0.364 e. The number of rotatable bonds is 9. The monoisotopic (exact) mass is 319 g/mol. The van der Waals surface area contributed by atoms with Gasteiger partial charge < -0.3 is 20.5 Å². The Morgan fingerprint density at radius 2 is 1.76 bits per heavy atom. The second-order valence-corrected chi connectivity index (χ2v) is 6.09. The van der Waals surface area contributed by atoms with E-state index in [0.29, 0.717) is 0 Å². The van der Waals surface area contributed by atoms with Gasteiger partial charge in [0.2, 0.25) is 0 Å². The third-order valence-corrected chi connectivity index (χ3v) is 4.49. The van der Waals surface area contributed by atoms with Crippen molar-refractivity contribution in [1.29, 1.82) is 0 Å². The average Bonchev–Trinajstić information content (AvgIpc) is 2.81. The lowest BCUT2D eigenvalue weighted by Crippen LogP contribution is -2.24. The first kappa shape index (κ1) is 17.3. The van der Waals surface area contributed by atoms with Crippen LogP contribution in [0.25, 0.3) is 0 Å². The molecule has 2 amide bonds. The highest BCUT2D eigenvalue weighted by Gasteiger charge is 2.27. The molecule has 0 atom stereocenters. The molecule has 0 radical (unpaired) electrons. The number of hydrogen-bond acceptors (Lipinski definition) is 7. The van der Waals surface area contributed by atoms with Gasteiger partial charge in [-0.25, -0.2) is 4.68 Å². The highest BCUT2D eigenvalue weighted by molar-refractivity contribution is 7.53. The average molecular weight is 319 g/mol. The van der Waals surface area contributed by atoms with E-state index in [-0.39, 0.29) is 37.3 Å². The Bertz CT molecular complexity index is 562. The molecule has 1 aromatic rings. The number of amides is 2. The topological polar surface area (TPSA) is 152 Å². The first-order chi connectivity index (χ1) is 9.84. The van der Waals surface area contributed by atoms with Crippen molar-refractivity contribution in [3.05, 3.63) is 11.4 Å². The van der Waals surface area contributed by atoms with E-state index in [4.69, 9.17) is 20.5 Å². The van der Waals surface area contributed by atoms with Crippen molar-refractivity contribution in [3.63, 3.8) is 0 Å². The smallest absolute Gasteiger partial charge is 0.332 e. The number of aryl methyl sites for hydroxylation is 1. The van der Waals surface area contributed by atoms with Gasteiger partial charge in [-0.05, 0) is 13.8 Å². The SMILES string of the molecule is CCOP(=O)(CCn1nnc(C(N)=O)c1C(N)=O)OCC. The number of carbonyl (C=O) groups is 2. The predicted octanol–water partition coefficient (Wildman–Crippen LogP) is -0.258. The fraction of sp³-hybridized carbons (Fsp3) is 0.600. The van der Waals surface area contributed by atoms with Crippen molar-refractivity contribution in [2.45, 2.75) is 20.4 Å². The molecule has 0 aliphatic rings. The van der Waals surface area contributed by atoms with Crippen molar-refractivity contribution in [2.24, 2.45) is 11.5 Å². The maximum atomic E-state index is 12.3. The number of aromatic nitrogens is 3. The molecule has 0 spiro atoms. The van der Waals surface area contributed by atoms with E-state index in [1.165, 1.54) is 0 Å². The number of carbonyl (C=O) groups excluding carboxylic acids is 2.